The first-order valence-corrected chi connectivity index (χ1v) is 6.44. The molecule has 0 aromatic carbocycles. The SMILES string of the molecule is CCNCCCNC(=O)CCOCCOCC. The summed E-state index contributed by atoms with van der Waals surface area (Å²) in [5, 5.41) is 6.06. The van der Waals surface area contributed by atoms with Crippen LogP contribution in [-0.4, -0.2) is 52.0 Å². The van der Waals surface area contributed by atoms with Crippen molar-refractivity contribution < 1.29 is 14.3 Å². The van der Waals surface area contributed by atoms with Gasteiger partial charge in [0, 0.05) is 19.6 Å². The second-order valence-corrected chi connectivity index (χ2v) is 3.62. The summed E-state index contributed by atoms with van der Waals surface area (Å²) in [4.78, 5) is 11.3. The van der Waals surface area contributed by atoms with Gasteiger partial charge >= 0.3 is 0 Å². The van der Waals surface area contributed by atoms with Crippen LogP contribution >= 0.6 is 0 Å². The van der Waals surface area contributed by atoms with Crippen molar-refractivity contribution >= 4 is 5.91 Å². The molecule has 5 nitrogen and oxygen atoms in total. The minimum absolute atomic E-state index is 0.0536. The predicted octanol–water partition coefficient (Wildman–Crippen LogP) is 0.545. The topological polar surface area (TPSA) is 59.6 Å². The fourth-order valence-corrected chi connectivity index (χ4v) is 1.24. The Labute approximate surface area is 104 Å². The molecule has 0 aromatic rings. The summed E-state index contributed by atoms with van der Waals surface area (Å²) in [6.45, 7) is 8.98. The molecule has 0 aliphatic heterocycles. The molecule has 0 aromatic heterocycles. The van der Waals surface area contributed by atoms with Crippen LogP contribution in [0.1, 0.15) is 26.7 Å². The number of rotatable bonds is 12. The van der Waals surface area contributed by atoms with Gasteiger partial charge in [0.1, 0.15) is 0 Å². The van der Waals surface area contributed by atoms with Gasteiger partial charge in [-0.25, -0.2) is 0 Å². The van der Waals surface area contributed by atoms with Gasteiger partial charge in [0.2, 0.25) is 5.91 Å². The van der Waals surface area contributed by atoms with Gasteiger partial charge in [-0.2, -0.15) is 0 Å². The largest absolute Gasteiger partial charge is 0.379 e. The van der Waals surface area contributed by atoms with Crippen LogP contribution in [0.2, 0.25) is 0 Å². The van der Waals surface area contributed by atoms with Gasteiger partial charge in [-0.1, -0.05) is 6.92 Å². The molecule has 0 bridgehead atoms. The van der Waals surface area contributed by atoms with Crippen LogP contribution in [0.3, 0.4) is 0 Å². The van der Waals surface area contributed by atoms with E-state index in [-0.39, 0.29) is 5.91 Å². The molecule has 0 radical (unpaired) electrons. The number of ether oxygens (including phenoxy) is 2. The summed E-state index contributed by atoms with van der Waals surface area (Å²) < 4.78 is 10.4. The highest BCUT2D eigenvalue weighted by molar-refractivity contribution is 5.75. The van der Waals surface area contributed by atoms with Crippen LogP contribution in [0, 0.1) is 0 Å². The Balaban J connectivity index is 3.12. The van der Waals surface area contributed by atoms with E-state index in [1.54, 1.807) is 0 Å². The Morgan fingerprint density at radius 3 is 2.53 bits per heavy atom. The van der Waals surface area contributed by atoms with E-state index in [2.05, 4.69) is 17.6 Å². The average Bonchev–Trinajstić information content (AvgIpc) is 2.33. The third kappa shape index (κ3) is 13.3. The number of hydrogen-bond acceptors (Lipinski definition) is 4. The molecule has 2 N–H and O–H groups in total. The van der Waals surface area contributed by atoms with Gasteiger partial charge in [0.25, 0.3) is 0 Å². The van der Waals surface area contributed by atoms with Gasteiger partial charge in [-0.3, -0.25) is 4.79 Å². The second-order valence-electron chi connectivity index (χ2n) is 3.62. The first-order chi connectivity index (χ1) is 8.31. The summed E-state index contributed by atoms with van der Waals surface area (Å²) in [7, 11) is 0. The molecule has 0 aliphatic rings. The van der Waals surface area contributed by atoms with Gasteiger partial charge in [0.15, 0.2) is 0 Å². The van der Waals surface area contributed by atoms with E-state index in [0.717, 1.165) is 26.1 Å². The van der Waals surface area contributed by atoms with Crippen molar-refractivity contribution in [3.05, 3.63) is 0 Å². The molecule has 17 heavy (non-hydrogen) atoms. The highest BCUT2D eigenvalue weighted by atomic mass is 16.5. The van der Waals surface area contributed by atoms with E-state index in [9.17, 15) is 4.79 Å². The highest BCUT2D eigenvalue weighted by Crippen LogP contribution is 1.85. The molecule has 0 aliphatic carbocycles. The third-order valence-corrected chi connectivity index (χ3v) is 2.15. The lowest BCUT2D eigenvalue weighted by Gasteiger charge is -2.06. The van der Waals surface area contributed by atoms with Gasteiger partial charge in [0.05, 0.1) is 19.8 Å². The molecule has 0 atom stereocenters. The van der Waals surface area contributed by atoms with Crippen molar-refractivity contribution in [3.8, 4) is 0 Å². The van der Waals surface area contributed by atoms with Gasteiger partial charge in [-0.05, 0) is 26.4 Å². The Kier molecular flexibility index (Phi) is 12.9. The van der Waals surface area contributed by atoms with E-state index in [1.807, 2.05) is 6.92 Å². The van der Waals surface area contributed by atoms with Gasteiger partial charge < -0.3 is 20.1 Å². The molecular formula is C12H26N2O3. The number of carbonyl (C=O) groups is 1. The van der Waals surface area contributed by atoms with E-state index >= 15 is 0 Å². The molecule has 1 amide bonds. The lowest BCUT2D eigenvalue weighted by Crippen LogP contribution is -2.28. The van der Waals surface area contributed by atoms with Crippen molar-refractivity contribution in [3.63, 3.8) is 0 Å². The fraction of sp³-hybridized carbons (Fsp3) is 0.917. The summed E-state index contributed by atoms with van der Waals surface area (Å²) in [5.41, 5.74) is 0. The van der Waals surface area contributed by atoms with Crippen LogP contribution in [0.25, 0.3) is 0 Å². The Morgan fingerprint density at radius 1 is 1.06 bits per heavy atom. The van der Waals surface area contributed by atoms with Crippen LogP contribution < -0.4 is 10.6 Å². The third-order valence-electron chi connectivity index (χ3n) is 2.15. The molecule has 0 unspecified atom stereocenters. The Bertz CT molecular complexity index is 177. The normalized spacial score (nSPS) is 10.5. The molecule has 0 spiro atoms. The van der Waals surface area contributed by atoms with Crippen molar-refractivity contribution in [2.45, 2.75) is 26.7 Å². The van der Waals surface area contributed by atoms with Crippen molar-refractivity contribution in [1.29, 1.82) is 0 Å². The maximum absolute atomic E-state index is 11.3. The molecule has 0 saturated heterocycles. The highest BCUT2D eigenvalue weighted by Gasteiger charge is 1.99. The first-order valence-electron chi connectivity index (χ1n) is 6.44. The standard InChI is InChI=1S/C12H26N2O3/c1-3-13-7-5-8-14-12(15)6-9-17-11-10-16-4-2/h13H,3-11H2,1-2H3,(H,14,15). The van der Waals surface area contributed by atoms with Crippen LogP contribution in [0.15, 0.2) is 0 Å². The number of hydrogen-bond donors (Lipinski definition) is 2. The van der Waals surface area contributed by atoms with E-state index in [4.69, 9.17) is 9.47 Å². The van der Waals surface area contributed by atoms with Crippen LogP contribution in [0.5, 0.6) is 0 Å². The maximum Gasteiger partial charge on any atom is 0.222 e. The van der Waals surface area contributed by atoms with E-state index < -0.39 is 0 Å². The lowest BCUT2D eigenvalue weighted by molar-refractivity contribution is -0.122. The number of carbonyl (C=O) groups excluding carboxylic acids is 1. The number of nitrogens with one attached hydrogen (secondary N) is 2. The molecule has 0 rings (SSSR count). The van der Waals surface area contributed by atoms with Crippen LogP contribution in [0.4, 0.5) is 0 Å². The summed E-state index contributed by atoms with van der Waals surface area (Å²) in [5.74, 6) is 0.0536. The zero-order valence-electron chi connectivity index (χ0n) is 11.1. The smallest absolute Gasteiger partial charge is 0.222 e. The predicted molar refractivity (Wildman–Crippen MR) is 68.1 cm³/mol. The molecule has 5 heteroatoms. The maximum atomic E-state index is 11.3. The Hall–Kier alpha value is -0.650. The molecule has 0 heterocycles. The monoisotopic (exact) mass is 246 g/mol. The molecule has 0 fully saturated rings. The first kappa shape index (κ1) is 16.4. The molecule has 0 saturated carbocycles. The lowest BCUT2D eigenvalue weighted by atomic mass is 10.3. The minimum atomic E-state index is 0.0536. The minimum Gasteiger partial charge on any atom is -0.379 e. The fourth-order valence-electron chi connectivity index (χ4n) is 1.24. The average molecular weight is 246 g/mol. The summed E-state index contributed by atoms with van der Waals surface area (Å²) in [6, 6.07) is 0. The van der Waals surface area contributed by atoms with Gasteiger partial charge in [-0.15, -0.1) is 0 Å². The van der Waals surface area contributed by atoms with Crippen molar-refractivity contribution in [2.24, 2.45) is 0 Å². The zero-order valence-corrected chi connectivity index (χ0v) is 11.1. The Morgan fingerprint density at radius 2 is 1.82 bits per heavy atom. The van der Waals surface area contributed by atoms with E-state index in [1.165, 1.54) is 0 Å². The summed E-state index contributed by atoms with van der Waals surface area (Å²) >= 11 is 0. The summed E-state index contributed by atoms with van der Waals surface area (Å²) in [6.07, 6.45) is 1.39. The second kappa shape index (κ2) is 13.4. The number of amides is 1. The van der Waals surface area contributed by atoms with E-state index in [0.29, 0.717) is 32.8 Å². The van der Waals surface area contributed by atoms with Crippen molar-refractivity contribution in [1.82, 2.24) is 10.6 Å². The van der Waals surface area contributed by atoms with Crippen LogP contribution in [-0.2, 0) is 14.3 Å². The molecule has 102 valence electrons. The van der Waals surface area contributed by atoms with Crippen molar-refractivity contribution in [2.75, 3.05) is 46.1 Å². The quantitative estimate of drug-likeness (QED) is 0.494. The molecular weight excluding hydrogens is 220 g/mol. The zero-order chi connectivity index (χ0) is 12.8.